The van der Waals surface area contributed by atoms with Crippen molar-refractivity contribution in [1.29, 1.82) is 0 Å². The third kappa shape index (κ3) is 2.74. The molecule has 2 atom stereocenters. The third-order valence-corrected chi connectivity index (χ3v) is 5.24. The maximum atomic E-state index is 6.34. The molecular formula is C15H15BrClN3S. The zero-order valence-electron chi connectivity index (χ0n) is 12.0. The number of nitrogens with zero attached hydrogens (tertiary/aromatic N) is 3. The fourth-order valence-electron chi connectivity index (χ4n) is 2.45. The van der Waals surface area contributed by atoms with E-state index in [-0.39, 0.29) is 11.4 Å². The molecule has 3 aromatic rings. The van der Waals surface area contributed by atoms with Crippen molar-refractivity contribution in [2.75, 3.05) is 0 Å². The lowest BCUT2D eigenvalue weighted by Gasteiger charge is -2.16. The molecule has 0 spiro atoms. The summed E-state index contributed by atoms with van der Waals surface area (Å²) >= 11 is 11.6. The molecule has 0 aliphatic rings. The van der Waals surface area contributed by atoms with Gasteiger partial charge in [0.05, 0.1) is 22.5 Å². The van der Waals surface area contributed by atoms with E-state index in [4.69, 9.17) is 16.6 Å². The summed E-state index contributed by atoms with van der Waals surface area (Å²) in [6.45, 7) is 6.11. The number of aromatic nitrogens is 3. The standard InChI is InChI=1S/C15H15BrClN3S/c1-8-7-21-15(18-8)10(3)20-13-6-11(16)4-5-12(13)19-14(20)9(2)17/h4-7,9-10H,1-3H3. The monoisotopic (exact) mass is 383 g/mol. The summed E-state index contributed by atoms with van der Waals surface area (Å²) in [5, 5.41) is 3.00. The molecule has 0 saturated heterocycles. The van der Waals surface area contributed by atoms with Crippen molar-refractivity contribution in [1.82, 2.24) is 14.5 Å². The van der Waals surface area contributed by atoms with Crippen LogP contribution >= 0.6 is 38.9 Å². The lowest BCUT2D eigenvalue weighted by molar-refractivity contribution is 0.614. The lowest BCUT2D eigenvalue weighted by atomic mass is 10.2. The Kier molecular flexibility index (Phi) is 4.08. The molecule has 2 aromatic heterocycles. The molecule has 6 heteroatoms. The first-order chi connectivity index (χ1) is 9.97. The summed E-state index contributed by atoms with van der Waals surface area (Å²) in [4.78, 5) is 9.31. The van der Waals surface area contributed by atoms with Crippen molar-refractivity contribution >= 4 is 49.9 Å². The number of hydrogen-bond acceptors (Lipinski definition) is 3. The minimum atomic E-state index is -0.153. The van der Waals surface area contributed by atoms with Crippen LogP contribution in [0.2, 0.25) is 0 Å². The van der Waals surface area contributed by atoms with Crippen molar-refractivity contribution in [3.63, 3.8) is 0 Å². The number of alkyl halides is 1. The second kappa shape index (κ2) is 5.71. The van der Waals surface area contributed by atoms with Crippen LogP contribution in [-0.4, -0.2) is 14.5 Å². The summed E-state index contributed by atoms with van der Waals surface area (Å²) < 4.78 is 3.23. The Morgan fingerprint density at radius 3 is 2.67 bits per heavy atom. The number of fused-ring (bicyclic) bond motifs is 1. The zero-order valence-corrected chi connectivity index (χ0v) is 15.1. The van der Waals surface area contributed by atoms with Gasteiger partial charge in [0.2, 0.25) is 0 Å². The minimum Gasteiger partial charge on any atom is -0.317 e. The molecule has 3 nitrogen and oxygen atoms in total. The van der Waals surface area contributed by atoms with Crippen LogP contribution in [-0.2, 0) is 0 Å². The predicted octanol–water partition coefficient (Wildman–Crippen LogP) is 5.47. The highest BCUT2D eigenvalue weighted by Crippen LogP contribution is 2.33. The first-order valence-corrected chi connectivity index (χ1v) is 8.81. The van der Waals surface area contributed by atoms with Crippen LogP contribution in [0.15, 0.2) is 28.1 Å². The lowest BCUT2D eigenvalue weighted by Crippen LogP contribution is -2.11. The highest BCUT2D eigenvalue weighted by Gasteiger charge is 2.22. The Labute approximate surface area is 141 Å². The van der Waals surface area contributed by atoms with Gasteiger partial charge in [0.25, 0.3) is 0 Å². The first-order valence-electron chi connectivity index (χ1n) is 6.71. The van der Waals surface area contributed by atoms with E-state index in [0.29, 0.717) is 0 Å². The van der Waals surface area contributed by atoms with Gasteiger partial charge in [-0.3, -0.25) is 0 Å². The quantitative estimate of drug-likeness (QED) is 0.560. The van der Waals surface area contributed by atoms with E-state index in [1.165, 1.54) is 0 Å². The Balaban J connectivity index is 2.23. The predicted molar refractivity (Wildman–Crippen MR) is 92.4 cm³/mol. The highest BCUT2D eigenvalue weighted by atomic mass is 79.9. The van der Waals surface area contributed by atoms with Gasteiger partial charge in [-0.15, -0.1) is 22.9 Å². The molecular weight excluding hydrogens is 370 g/mol. The van der Waals surface area contributed by atoms with Crippen LogP contribution in [0.4, 0.5) is 0 Å². The van der Waals surface area contributed by atoms with Gasteiger partial charge >= 0.3 is 0 Å². The third-order valence-electron chi connectivity index (χ3n) is 3.42. The Bertz CT molecular complexity index is 793. The molecule has 0 aliphatic heterocycles. The highest BCUT2D eigenvalue weighted by molar-refractivity contribution is 9.10. The maximum absolute atomic E-state index is 6.34. The molecule has 110 valence electrons. The van der Waals surface area contributed by atoms with Gasteiger partial charge in [-0.1, -0.05) is 15.9 Å². The smallest absolute Gasteiger partial charge is 0.128 e. The first kappa shape index (κ1) is 15.0. The van der Waals surface area contributed by atoms with Crippen LogP contribution in [0.3, 0.4) is 0 Å². The summed E-state index contributed by atoms with van der Waals surface area (Å²) in [6, 6.07) is 6.21. The molecule has 2 heterocycles. The molecule has 1 aromatic carbocycles. The van der Waals surface area contributed by atoms with E-state index in [9.17, 15) is 0 Å². The maximum Gasteiger partial charge on any atom is 0.128 e. The fraction of sp³-hybridized carbons (Fsp3) is 0.333. The van der Waals surface area contributed by atoms with Crippen LogP contribution in [0.25, 0.3) is 11.0 Å². The minimum absolute atomic E-state index is 0.110. The van der Waals surface area contributed by atoms with Crippen molar-refractivity contribution in [2.24, 2.45) is 0 Å². The number of aryl methyl sites for hydroxylation is 1. The number of rotatable bonds is 3. The van der Waals surface area contributed by atoms with Gasteiger partial charge in [0, 0.05) is 15.5 Å². The molecule has 0 fully saturated rings. The van der Waals surface area contributed by atoms with Crippen molar-refractivity contribution < 1.29 is 0 Å². The number of benzene rings is 1. The molecule has 21 heavy (non-hydrogen) atoms. The van der Waals surface area contributed by atoms with Crippen molar-refractivity contribution in [2.45, 2.75) is 32.2 Å². The largest absolute Gasteiger partial charge is 0.317 e. The molecule has 0 N–H and O–H groups in total. The molecule has 0 bridgehead atoms. The number of thiazole rings is 1. The number of imidazole rings is 1. The van der Waals surface area contributed by atoms with E-state index in [1.54, 1.807) is 11.3 Å². The Morgan fingerprint density at radius 2 is 2.05 bits per heavy atom. The van der Waals surface area contributed by atoms with Gasteiger partial charge in [0.1, 0.15) is 10.8 Å². The zero-order chi connectivity index (χ0) is 15.1. The van der Waals surface area contributed by atoms with E-state index >= 15 is 0 Å². The van der Waals surface area contributed by atoms with Crippen LogP contribution in [0, 0.1) is 6.92 Å². The second-order valence-corrected chi connectivity index (χ2v) is 7.55. The fourth-order valence-corrected chi connectivity index (χ4v) is 3.79. The van der Waals surface area contributed by atoms with Crippen LogP contribution < -0.4 is 0 Å². The van der Waals surface area contributed by atoms with Gasteiger partial charge in [-0.25, -0.2) is 9.97 Å². The summed E-state index contributed by atoms with van der Waals surface area (Å²) in [5.41, 5.74) is 3.08. The van der Waals surface area contributed by atoms with E-state index in [2.05, 4.69) is 43.9 Å². The summed E-state index contributed by atoms with van der Waals surface area (Å²) in [5.74, 6) is 0.880. The normalized spacial score (nSPS) is 14.5. The topological polar surface area (TPSA) is 30.7 Å². The molecule has 0 saturated carbocycles. The van der Waals surface area contributed by atoms with Crippen LogP contribution in [0.1, 0.15) is 41.8 Å². The SMILES string of the molecule is Cc1csc(C(C)n2c(C(C)Cl)nc3ccc(Br)cc32)n1. The van der Waals surface area contributed by atoms with Crippen LogP contribution in [0.5, 0.6) is 0 Å². The average Bonchev–Trinajstić information content (AvgIpc) is 3.01. The summed E-state index contributed by atoms with van der Waals surface area (Å²) in [6.07, 6.45) is 0. The second-order valence-electron chi connectivity index (χ2n) is 5.09. The van der Waals surface area contributed by atoms with Gasteiger partial charge < -0.3 is 4.57 Å². The molecule has 0 radical (unpaired) electrons. The van der Waals surface area contributed by atoms with Crippen molar-refractivity contribution in [3.05, 3.63) is 44.6 Å². The number of hydrogen-bond donors (Lipinski definition) is 0. The molecule has 0 amide bonds. The number of halogens is 2. The Hall–Kier alpha value is -0.910. The van der Waals surface area contributed by atoms with E-state index in [1.807, 2.05) is 26.0 Å². The summed E-state index contributed by atoms with van der Waals surface area (Å²) in [7, 11) is 0. The van der Waals surface area contributed by atoms with Gasteiger partial charge in [0.15, 0.2) is 0 Å². The average molecular weight is 385 g/mol. The Morgan fingerprint density at radius 1 is 1.29 bits per heavy atom. The van der Waals surface area contributed by atoms with Gasteiger partial charge in [-0.2, -0.15) is 0 Å². The van der Waals surface area contributed by atoms with E-state index < -0.39 is 0 Å². The molecule has 3 rings (SSSR count). The van der Waals surface area contributed by atoms with Gasteiger partial charge in [-0.05, 0) is 39.0 Å². The molecule has 2 unspecified atom stereocenters. The van der Waals surface area contributed by atoms with Crippen molar-refractivity contribution in [3.8, 4) is 0 Å². The molecule has 0 aliphatic carbocycles. The van der Waals surface area contributed by atoms with E-state index in [0.717, 1.165) is 32.0 Å².